The zero-order valence-corrected chi connectivity index (χ0v) is 17.9. The van der Waals surface area contributed by atoms with Gasteiger partial charge >= 0.3 is 0 Å². The fraction of sp³-hybridized carbons (Fsp3) is 0.333. The number of halogens is 2. The molecule has 0 atom stereocenters. The average molecular weight is 436 g/mol. The second-order valence-corrected chi connectivity index (χ2v) is 7.74. The Balaban J connectivity index is 1.71. The van der Waals surface area contributed by atoms with Crippen LogP contribution in [0, 0.1) is 6.92 Å². The predicted octanol–water partition coefficient (Wildman–Crippen LogP) is 4.60. The van der Waals surface area contributed by atoms with Crippen LogP contribution in [0.5, 0.6) is 5.75 Å². The van der Waals surface area contributed by atoms with Gasteiger partial charge in [-0.3, -0.25) is 9.59 Å². The molecule has 0 aromatic heterocycles. The van der Waals surface area contributed by atoms with Crippen LogP contribution in [0.3, 0.4) is 0 Å². The molecule has 1 fully saturated rings. The van der Waals surface area contributed by atoms with Crippen molar-refractivity contribution in [3.8, 4) is 5.75 Å². The first-order valence-corrected chi connectivity index (χ1v) is 10.1. The molecule has 6 nitrogen and oxygen atoms in total. The van der Waals surface area contributed by atoms with Crippen LogP contribution in [0.4, 0.5) is 11.4 Å². The summed E-state index contributed by atoms with van der Waals surface area (Å²) in [4.78, 5) is 27.1. The number of benzene rings is 2. The number of ether oxygens (including phenoxy) is 1. The SMILES string of the molecule is COc1cc(Cl)c(C)cc1NC(=O)CNc1ccc(Cl)cc1C(=O)N1CCCC1. The fourth-order valence-corrected chi connectivity index (χ4v) is 3.56. The van der Waals surface area contributed by atoms with Crippen molar-refractivity contribution in [1.29, 1.82) is 0 Å². The molecule has 0 bridgehead atoms. The maximum Gasteiger partial charge on any atom is 0.256 e. The number of nitrogens with one attached hydrogen (secondary N) is 2. The van der Waals surface area contributed by atoms with E-state index in [1.807, 2.05) is 6.92 Å². The topological polar surface area (TPSA) is 70.7 Å². The van der Waals surface area contributed by atoms with E-state index in [-0.39, 0.29) is 18.4 Å². The maximum atomic E-state index is 12.8. The molecular weight excluding hydrogens is 413 g/mol. The Morgan fingerprint density at radius 1 is 1.10 bits per heavy atom. The number of aryl methyl sites for hydroxylation is 1. The number of amides is 2. The van der Waals surface area contributed by atoms with Crippen LogP contribution in [0.2, 0.25) is 10.0 Å². The second-order valence-electron chi connectivity index (χ2n) is 6.89. The highest BCUT2D eigenvalue weighted by atomic mass is 35.5. The van der Waals surface area contributed by atoms with Gasteiger partial charge < -0.3 is 20.3 Å². The second kappa shape index (κ2) is 9.37. The minimum atomic E-state index is -0.278. The third kappa shape index (κ3) is 5.14. The molecular formula is C21H23Cl2N3O3. The highest BCUT2D eigenvalue weighted by Gasteiger charge is 2.22. The largest absolute Gasteiger partial charge is 0.495 e. The van der Waals surface area contributed by atoms with Crippen molar-refractivity contribution in [2.24, 2.45) is 0 Å². The molecule has 0 saturated carbocycles. The lowest BCUT2D eigenvalue weighted by molar-refractivity contribution is -0.114. The van der Waals surface area contributed by atoms with Gasteiger partial charge in [0.1, 0.15) is 5.75 Å². The summed E-state index contributed by atoms with van der Waals surface area (Å²) < 4.78 is 5.28. The van der Waals surface area contributed by atoms with Gasteiger partial charge in [-0.25, -0.2) is 0 Å². The van der Waals surface area contributed by atoms with Crippen molar-refractivity contribution in [3.63, 3.8) is 0 Å². The molecule has 0 unspecified atom stereocenters. The summed E-state index contributed by atoms with van der Waals surface area (Å²) in [5, 5.41) is 6.89. The van der Waals surface area contributed by atoms with Crippen LogP contribution in [0.15, 0.2) is 30.3 Å². The van der Waals surface area contributed by atoms with E-state index in [4.69, 9.17) is 27.9 Å². The zero-order chi connectivity index (χ0) is 21.0. The van der Waals surface area contributed by atoms with E-state index < -0.39 is 0 Å². The first kappa shape index (κ1) is 21.3. The number of methoxy groups -OCH3 is 1. The van der Waals surface area contributed by atoms with Crippen molar-refractivity contribution in [3.05, 3.63) is 51.5 Å². The first-order chi connectivity index (χ1) is 13.9. The van der Waals surface area contributed by atoms with E-state index in [0.717, 1.165) is 31.5 Å². The summed E-state index contributed by atoms with van der Waals surface area (Å²) in [6, 6.07) is 8.45. The number of nitrogens with zero attached hydrogens (tertiary/aromatic N) is 1. The third-order valence-electron chi connectivity index (χ3n) is 4.80. The first-order valence-electron chi connectivity index (χ1n) is 9.35. The summed E-state index contributed by atoms with van der Waals surface area (Å²) in [5.41, 5.74) is 2.39. The Hall–Kier alpha value is -2.44. The van der Waals surface area contributed by atoms with Gasteiger partial charge in [-0.05, 0) is 49.6 Å². The predicted molar refractivity (Wildman–Crippen MR) is 116 cm³/mol. The molecule has 3 rings (SSSR count). The normalized spacial score (nSPS) is 13.3. The monoisotopic (exact) mass is 435 g/mol. The smallest absolute Gasteiger partial charge is 0.256 e. The van der Waals surface area contributed by atoms with Gasteiger partial charge in [0.15, 0.2) is 0 Å². The van der Waals surface area contributed by atoms with Crippen LogP contribution >= 0.6 is 23.2 Å². The van der Waals surface area contributed by atoms with E-state index in [1.165, 1.54) is 7.11 Å². The van der Waals surface area contributed by atoms with E-state index in [2.05, 4.69) is 10.6 Å². The standard InChI is InChI=1S/C21H23Cl2N3O3/c1-13-9-18(19(29-2)11-16(13)23)25-20(27)12-24-17-6-5-14(22)10-15(17)21(28)26-7-3-4-8-26/h5-6,9-11,24H,3-4,7-8,12H2,1-2H3,(H,25,27). The number of rotatable bonds is 6. The highest BCUT2D eigenvalue weighted by Crippen LogP contribution is 2.31. The molecule has 1 heterocycles. The quantitative estimate of drug-likeness (QED) is 0.695. The number of hydrogen-bond donors (Lipinski definition) is 2. The molecule has 0 spiro atoms. The molecule has 154 valence electrons. The maximum absolute atomic E-state index is 12.8. The molecule has 0 aliphatic carbocycles. The Bertz CT molecular complexity index is 928. The summed E-state index contributed by atoms with van der Waals surface area (Å²) in [6.07, 6.45) is 2.00. The molecule has 2 aromatic carbocycles. The van der Waals surface area contributed by atoms with Gasteiger partial charge in [-0.15, -0.1) is 0 Å². The van der Waals surface area contributed by atoms with E-state index in [9.17, 15) is 9.59 Å². The molecule has 0 radical (unpaired) electrons. The summed E-state index contributed by atoms with van der Waals surface area (Å²) in [6.45, 7) is 3.30. The summed E-state index contributed by atoms with van der Waals surface area (Å²) >= 11 is 12.2. The lowest BCUT2D eigenvalue weighted by atomic mass is 10.1. The van der Waals surface area contributed by atoms with Gasteiger partial charge in [0.05, 0.1) is 24.9 Å². The van der Waals surface area contributed by atoms with Crippen LogP contribution in [0.25, 0.3) is 0 Å². The van der Waals surface area contributed by atoms with Crippen molar-refractivity contribution >= 4 is 46.4 Å². The molecule has 8 heteroatoms. The molecule has 29 heavy (non-hydrogen) atoms. The van der Waals surface area contributed by atoms with Gasteiger partial charge in [-0.2, -0.15) is 0 Å². The van der Waals surface area contributed by atoms with Crippen molar-refractivity contribution in [1.82, 2.24) is 4.90 Å². The van der Waals surface area contributed by atoms with Crippen molar-refractivity contribution in [2.75, 3.05) is 37.4 Å². The lowest BCUT2D eigenvalue weighted by Crippen LogP contribution is -2.29. The number of carbonyl (C=O) groups excluding carboxylic acids is 2. The Morgan fingerprint density at radius 2 is 1.83 bits per heavy atom. The van der Waals surface area contributed by atoms with Crippen LogP contribution in [-0.4, -0.2) is 43.5 Å². The molecule has 2 N–H and O–H groups in total. The van der Waals surface area contributed by atoms with Gasteiger partial charge in [0.25, 0.3) is 5.91 Å². The van der Waals surface area contributed by atoms with E-state index in [1.54, 1.807) is 35.2 Å². The number of likely N-dealkylation sites (tertiary alicyclic amines) is 1. The average Bonchev–Trinajstić information content (AvgIpc) is 3.24. The highest BCUT2D eigenvalue weighted by molar-refractivity contribution is 6.31. The summed E-state index contributed by atoms with van der Waals surface area (Å²) in [7, 11) is 1.51. The minimum Gasteiger partial charge on any atom is -0.495 e. The minimum absolute atomic E-state index is 0.0211. The van der Waals surface area contributed by atoms with Crippen molar-refractivity contribution in [2.45, 2.75) is 19.8 Å². The molecule has 2 aromatic rings. The fourth-order valence-electron chi connectivity index (χ4n) is 3.24. The van der Waals surface area contributed by atoms with Crippen LogP contribution in [0.1, 0.15) is 28.8 Å². The number of hydrogen-bond acceptors (Lipinski definition) is 4. The van der Waals surface area contributed by atoms with E-state index in [0.29, 0.717) is 32.7 Å². The molecule has 1 saturated heterocycles. The Labute approximate surface area is 180 Å². The molecule has 1 aliphatic heterocycles. The Morgan fingerprint density at radius 3 is 2.52 bits per heavy atom. The van der Waals surface area contributed by atoms with Gasteiger partial charge in [-0.1, -0.05) is 23.2 Å². The van der Waals surface area contributed by atoms with E-state index >= 15 is 0 Å². The summed E-state index contributed by atoms with van der Waals surface area (Å²) in [5.74, 6) is 0.118. The number of carbonyl (C=O) groups is 2. The van der Waals surface area contributed by atoms with Gasteiger partial charge in [0.2, 0.25) is 5.91 Å². The van der Waals surface area contributed by atoms with Crippen molar-refractivity contribution < 1.29 is 14.3 Å². The van der Waals surface area contributed by atoms with Crippen LogP contribution in [-0.2, 0) is 4.79 Å². The lowest BCUT2D eigenvalue weighted by Gasteiger charge is -2.19. The molecule has 2 amide bonds. The third-order valence-corrected chi connectivity index (χ3v) is 5.44. The van der Waals surface area contributed by atoms with Gasteiger partial charge in [0, 0.05) is 34.9 Å². The zero-order valence-electron chi connectivity index (χ0n) is 16.4. The Kier molecular flexibility index (Phi) is 6.87. The molecule has 1 aliphatic rings. The van der Waals surface area contributed by atoms with Crippen LogP contribution < -0.4 is 15.4 Å². The number of anilines is 2.